The standard InChI is InChI=1S/C18H21ClN4O/c1-22(2)18(24)13-3-8-17(20-11-13)21-15-9-10-23(12-15)16-6-4-14(19)5-7-16/h3-8,11,15H,9-10,12H2,1-2H3,(H,20,21)/t15-/m1/s1. The first-order valence-electron chi connectivity index (χ1n) is 7.97. The number of hydrogen-bond acceptors (Lipinski definition) is 4. The summed E-state index contributed by atoms with van der Waals surface area (Å²) < 4.78 is 0. The third-order valence-electron chi connectivity index (χ3n) is 4.15. The molecule has 24 heavy (non-hydrogen) atoms. The molecule has 1 aliphatic heterocycles. The SMILES string of the molecule is CN(C)C(=O)c1ccc(N[C@@H]2CCN(c3ccc(Cl)cc3)C2)nc1. The first kappa shape index (κ1) is 16.6. The number of nitrogens with zero attached hydrogens (tertiary/aromatic N) is 3. The molecule has 1 N–H and O–H groups in total. The molecule has 1 amide bonds. The van der Waals surface area contributed by atoms with Crippen LogP contribution in [-0.2, 0) is 0 Å². The Bertz CT molecular complexity index is 700. The lowest BCUT2D eigenvalue weighted by molar-refractivity contribution is 0.0827. The fraction of sp³-hybridized carbons (Fsp3) is 0.333. The van der Waals surface area contributed by atoms with Crippen LogP contribution in [0.15, 0.2) is 42.6 Å². The first-order valence-corrected chi connectivity index (χ1v) is 8.35. The van der Waals surface area contributed by atoms with Gasteiger partial charge in [0.1, 0.15) is 5.82 Å². The van der Waals surface area contributed by atoms with E-state index in [4.69, 9.17) is 11.6 Å². The van der Waals surface area contributed by atoms with Gasteiger partial charge in [0.2, 0.25) is 0 Å². The first-order chi connectivity index (χ1) is 11.5. The van der Waals surface area contributed by atoms with Crippen molar-refractivity contribution in [1.82, 2.24) is 9.88 Å². The molecule has 6 heteroatoms. The molecule has 0 bridgehead atoms. The highest BCUT2D eigenvalue weighted by atomic mass is 35.5. The molecule has 0 saturated carbocycles. The molecule has 1 saturated heterocycles. The van der Waals surface area contributed by atoms with E-state index in [2.05, 4.69) is 15.2 Å². The third kappa shape index (κ3) is 3.79. The zero-order valence-corrected chi connectivity index (χ0v) is 14.6. The van der Waals surface area contributed by atoms with Crippen molar-refractivity contribution < 1.29 is 4.79 Å². The molecule has 3 rings (SSSR count). The fourth-order valence-electron chi connectivity index (χ4n) is 2.84. The second-order valence-electron chi connectivity index (χ2n) is 6.18. The van der Waals surface area contributed by atoms with Crippen LogP contribution >= 0.6 is 11.6 Å². The highest BCUT2D eigenvalue weighted by Gasteiger charge is 2.23. The Hall–Kier alpha value is -2.27. The number of halogens is 1. The van der Waals surface area contributed by atoms with E-state index in [9.17, 15) is 4.79 Å². The molecule has 0 spiro atoms. The number of hydrogen-bond donors (Lipinski definition) is 1. The van der Waals surface area contributed by atoms with E-state index >= 15 is 0 Å². The van der Waals surface area contributed by atoms with Crippen molar-refractivity contribution in [3.05, 3.63) is 53.2 Å². The minimum absolute atomic E-state index is 0.0381. The van der Waals surface area contributed by atoms with Gasteiger partial charge in [-0.3, -0.25) is 4.79 Å². The molecule has 126 valence electrons. The lowest BCUT2D eigenvalue weighted by atomic mass is 10.2. The quantitative estimate of drug-likeness (QED) is 0.925. The summed E-state index contributed by atoms with van der Waals surface area (Å²) in [6.07, 6.45) is 2.67. The molecule has 0 unspecified atom stereocenters. The average Bonchev–Trinajstić information content (AvgIpc) is 3.04. The van der Waals surface area contributed by atoms with Crippen LogP contribution in [0.1, 0.15) is 16.8 Å². The summed E-state index contributed by atoms with van der Waals surface area (Å²) in [6, 6.07) is 11.9. The van der Waals surface area contributed by atoms with Crippen LogP contribution in [0.5, 0.6) is 0 Å². The van der Waals surface area contributed by atoms with Crippen LogP contribution in [0.3, 0.4) is 0 Å². The van der Waals surface area contributed by atoms with Gasteiger partial charge in [0.05, 0.1) is 5.56 Å². The summed E-state index contributed by atoms with van der Waals surface area (Å²) in [7, 11) is 3.47. The van der Waals surface area contributed by atoms with Gasteiger partial charge in [0.15, 0.2) is 0 Å². The maximum absolute atomic E-state index is 11.9. The van der Waals surface area contributed by atoms with Crippen LogP contribution in [0.4, 0.5) is 11.5 Å². The summed E-state index contributed by atoms with van der Waals surface area (Å²) in [5.74, 6) is 0.761. The van der Waals surface area contributed by atoms with Gasteiger partial charge in [-0.05, 0) is 42.8 Å². The molecule has 5 nitrogen and oxygen atoms in total. The largest absolute Gasteiger partial charge is 0.369 e. The van der Waals surface area contributed by atoms with Crippen LogP contribution in [0.2, 0.25) is 5.02 Å². The molecule has 2 aromatic rings. The van der Waals surface area contributed by atoms with Gasteiger partial charge in [0, 0.05) is 50.1 Å². The molecule has 1 aromatic carbocycles. The van der Waals surface area contributed by atoms with Gasteiger partial charge in [-0.25, -0.2) is 4.98 Å². The van der Waals surface area contributed by atoms with Crippen molar-refractivity contribution in [3.63, 3.8) is 0 Å². The number of benzene rings is 1. The van der Waals surface area contributed by atoms with Gasteiger partial charge in [-0.15, -0.1) is 0 Å². The van der Waals surface area contributed by atoms with Gasteiger partial charge in [-0.1, -0.05) is 11.6 Å². The number of carbonyl (C=O) groups excluding carboxylic acids is 1. The maximum Gasteiger partial charge on any atom is 0.254 e. The lowest BCUT2D eigenvalue weighted by Crippen LogP contribution is -2.26. The zero-order valence-electron chi connectivity index (χ0n) is 13.9. The number of anilines is 2. The van der Waals surface area contributed by atoms with Crippen LogP contribution < -0.4 is 10.2 Å². The predicted molar refractivity (Wildman–Crippen MR) is 97.9 cm³/mol. The van der Waals surface area contributed by atoms with E-state index < -0.39 is 0 Å². The summed E-state index contributed by atoms with van der Waals surface area (Å²) in [5, 5.41) is 4.20. The van der Waals surface area contributed by atoms with Crippen LogP contribution in [-0.4, -0.2) is 49.0 Å². The highest BCUT2D eigenvalue weighted by molar-refractivity contribution is 6.30. The second kappa shape index (κ2) is 7.09. The van der Waals surface area contributed by atoms with Gasteiger partial charge < -0.3 is 15.1 Å². The van der Waals surface area contributed by atoms with Crippen molar-refractivity contribution in [1.29, 1.82) is 0 Å². The lowest BCUT2D eigenvalue weighted by Gasteiger charge is -2.19. The van der Waals surface area contributed by atoms with Crippen LogP contribution in [0, 0.1) is 0 Å². The molecule has 1 aromatic heterocycles. The number of amides is 1. The Morgan fingerprint density at radius 3 is 2.62 bits per heavy atom. The third-order valence-corrected chi connectivity index (χ3v) is 4.40. The number of nitrogens with one attached hydrogen (secondary N) is 1. The van der Waals surface area contributed by atoms with E-state index in [0.717, 1.165) is 30.4 Å². The molecular formula is C18H21ClN4O. The number of carbonyl (C=O) groups is 1. The normalized spacial score (nSPS) is 17.0. The van der Waals surface area contributed by atoms with Gasteiger partial charge >= 0.3 is 0 Å². The summed E-state index contributed by atoms with van der Waals surface area (Å²) in [4.78, 5) is 20.1. The molecule has 1 aliphatic rings. The fourth-order valence-corrected chi connectivity index (χ4v) is 2.96. The van der Waals surface area contributed by atoms with E-state index in [0.29, 0.717) is 11.6 Å². The average molecular weight is 345 g/mol. The van der Waals surface area contributed by atoms with Gasteiger partial charge in [-0.2, -0.15) is 0 Å². The molecule has 1 fully saturated rings. The predicted octanol–water partition coefficient (Wildman–Crippen LogP) is 3.13. The Balaban J connectivity index is 1.59. The van der Waals surface area contributed by atoms with Crippen molar-refractivity contribution in [2.75, 3.05) is 37.4 Å². The monoisotopic (exact) mass is 344 g/mol. The highest BCUT2D eigenvalue weighted by Crippen LogP contribution is 2.23. The van der Waals surface area contributed by atoms with E-state index in [-0.39, 0.29) is 5.91 Å². The Kier molecular flexibility index (Phi) is 4.90. The Labute approximate surface area is 147 Å². The van der Waals surface area contributed by atoms with E-state index in [1.165, 1.54) is 5.69 Å². The van der Waals surface area contributed by atoms with E-state index in [1.54, 1.807) is 25.2 Å². The minimum atomic E-state index is -0.0381. The molecule has 0 aliphatic carbocycles. The maximum atomic E-state index is 11.9. The summed E-state index contributed by atoms with van der Waals surface area (Å²) in [6.45, 7) is 1.91. The summed E-state index contributed by atoms with van der Waals surface area (Å²) >= 11 is 5.94. The smallest absolute Gasteiger partial charge is 0.254 e. The van der Waals surface area contributed by atoms with E-state index in [1.807, 2.05) is 36.4 Å². The molecular weight excluding hydrogens is 324 g/mol. The van der Waals surface area contributed by atoms with Crippen LogP contribution in [0.25, 0.3) is 0 Å². The Morgan fingerprint density at radius 1 is 1.25 bits per heavy atom. The molecule has 0 radical (unpaired) electrons. The topological polar surface area (TPSA) is 48.5 Å². The Morgan fingerprint density at radius 2 is 2.00 bits per heavy atom. The van der Waals surface area contributed by atoms with Crippen molar-refractivity contribution >= 4 is 29.0 Å². The zero-order chi connectivity index (χ0) is 17.1. The van der Waals surface area contributed by atoms with Crippen molar-refractivity contribution in [3.8, 4) is 0 Å². The molecule has 2 heterocycles. The minimum Gasteiger partial charge on any atom is -0.369 e. The van der Waals surface area contributed by atoms with Crippen molar-refractivity contribution in [2.45, 2.75) is 12.5 Å². The number of aromatic nitrogens is 1. The second-order valence-corrected chi connectivity index (χ2v) is 6.62. The van der Waals surface area contributed by atoms with Gasteiger partial charge in [0.25, 0.3) is 5.91 Å². The summed E-state index contributed by atoms with van der Waals surface area (Å²) in [5.41, 5.74) is 1.78. The molecule has 1 atom stereocenters. The van der Waals surface area contributed by atoms with Crippen molar-refractivity contribution in [2.24, 2.45) is 0 Å². The number of rotatable bonds is 4. The number of pyridine rings is 1.